The summed E-state index contributed by atoms with van der Waals surface area (Å²) in [5, 5.41) is 6.04. The van der Waals surface area contributed by atoms with Crippen LogP contribution in [-0.2, 0) is 9.47 Å². The van der Waals surface area contributed by atoms with Crippen LogP contribution < -0.4 is 10.6 Å². The van der Waals surface area contributed by atoms with Gasteiger partial charge in [0.05, 0.1) is 24.9 Å². The molecule has 0 spiro atoms. The standard InChI is InChI=1S/C16H25N5O3/c22-15(18-12-14-2-1-7-24-14)13-10-19-16(20-11-13)17-3-4-21-5-8-23-9-6-21/h10-11,14H,1-9,12H2,(H,18,22)(H,17,19,20). The summed E-state index contributed by atoms with van der Waals surface area (Å²) >= 11 is 0. The lowest BCUT2D eigenvalue weighted by Gasteiger charge is -2.26. The van der Waals surface area contributed by atoms with E-state index in [-0.39, 0.29) is 12.0 Å². The van der Waals surface area contributed by atoms with Gasteiger partial charge < -0.3 is 20.1 Å². The van der Waals surface area contributed by atoms with Crippen LogP contribution in [0.2, 0.25) is 0 Å². The Labute approximate surface area is 141 Å². The van der Waals surface area contributed by atoms with Crippen molar-refractivity contribution in [2.24, 2.45) is 0 Å². The Balaban J connectivity index is 1.38. The summed E-state index contributed by atoms with van der Waals surface area (Å²) in [4.78, 5) is 22.8. The van der Waals surface area contributed by atoms with E-state index < -0.39 is 0 Å². The molecule has 1 unspecified atom stereocenters. The van der Waals surface area contributed by atoms with Gasteiger partial charge in [0.1, 0.15) is 0 Å². The molecule has 1 amide bonds. The van der Waals surface area contributed by atoms with E-state index in [1.165, 1.54) is 0 Å². The molecule has 3 rings (SSSR count). The molecule has 3 heterocycles. The number of rotatable bonds is 7. The molecule has 1 atom stereocenters. The van der Waals surface area contributed by atoms with Gasteiger partial charge in [-0.05, 0) is 12.8 Å². The lowest BCUT2D eigenvalue weighted by atomic mass is 10.2. The van der Waals surface area contributed by atoms with Crippen molar-refractivity contribution in [2.45, 2.75) is 18.9 Å². The quantitative estimate of drug-likeness (QED) is 0.732. The molecule has 2 fully saturated rings. The lowest BCUT2D eigenvalue weighted by Crippen LogP contribution is -2.39. The van der Waals surface area contributed by atoms with Crippen LogP contribution in [0.3, 0.4) is 0 Å². The topological polar surface area (TPSA) is 88.6 Å². The van der Waals surface area contributed by atoms with Gasteiger partial charge >= 0.3 is 0 Å². The third-order valence-corrected chi connectivity index (χ3v) is 4.24. The zero-order valence-corrected chi connectivity index (χ0v) is 13.9. The van der Waals surface area contributed by atoms with E-state index in [1.54, 1.807) is 12.4 Å². The Morgan fingerprint density at radius 3 is 2.75 bits per heavy atom. The molecule has 2 saturated heterocycles. The zero-order valence-electron chi connectivity index (χ0n) is 13.9. The highest BCUT2D eigenvalue weighted by Gasteiger charge is 2.17. The number of ether oxygens (including phenoxy) is 2. The SMILES string of the molecule is O=C(NCC1CCCO1)c1cnc(NCCN2CCOCC2)nc1. The summed E-state index contributed by atoms with van der Waals surface area (Å²) in [6, 6.07) is 0. The summed E-state index contributed by atoms with van der Waals surface area (Å²) < 4.78 is 10.8. The zero-order chi connectivity index (χ0) is 16.6. The second kappa shape index (κ2) is 8.91. The van der Waals surface area contributed by atoms with Crippen molar-refractivity contribution < 1.29 is 14.3 Å². The number of carbonyl (C=O) groups is 1. The Kier molecular flexibility index (Phi) is 6.33. The first-order valence-electron chi connectivity index (χ1n) is 8.57. The largest absolute Gasteiger partial charge is 0.379 e. The number of nitrogens with zero attached hydrogens (tertiary/aromatic N) is 3. The predicted molar refractivity (Wildman–Crippen MR) is 89.1 cm³/mol. The van der Waals surface area contributed by atoms with E-state index in [0.29, 0.717) is 18.1 Å². The van der Waals surface area contributed by atoms with Crippen LogP contribution in [0.25, 0.3) is 0 Å². The van der Waals surface area contributed by atoms with Crippen molar-refractivity contribution in [1.29, 1.82) is 0 Å². The predicted octanol–water partition coefficient (Wildman–Crippen LogP) is 0.130. The smallest absolute Gasteiger partial charge is 0.254 e. The van der Waals surface area contributed by atoms with Gasteiger partial charge in [0.15, 0.2) is 0 Å². The molecule has 0 saturated carbocycles. The van der Waals surface area contributed by atoms with E-state index >= 15 is 0 Å². The highest BCUT2D eigenvalue weighted by molar-refractivity contribution is 5.93. The minimum atomic E-state index is -0.162. The number of hydrogen-bond acceptors (Lipinski definition) is 7. The molecule has 2 aliphatic heterocycles. The number of nitrogens with one attached hydrogen (secondary N) is 2. The highest BCUT2D eigenvalue weighted by atomic mass is 16.5. The molecule has 0 aliphatic carbocycles. The average Bonchev–Trinajstić information content (AvgIpc) is 3.15. The van der Waals surface area contributed by atoms with Crippen LogP contribution in [0.5, 0.6) is 0 Å². The second-order valence-corrected chi connectivity index (χ2v) is 6.02. The van der Waals surface area contributed by atoms with Crippen LogP contribution in [0.4, 0.5) is 5.95 Å². The van der Waals surface area contributed by atoms with Gasteiger partial charge in [-0.2, -0.15) is 0 Å². The molecular formula is C16H25N5O3. The number of anilines is 1. The van der Waals surface area contributed by atoms with Crippen molar-refractivity contribution in [3.8, 4) is 0 Å². The van der Waals surface area contributed by atoms with Crippen LogP contribution in [0, 0.1) is 0 Å². The van der Waals surface area contributed by atoms with Gasteiger partial charge in [-0.15, -0.1) is 0 Å². The van der Waals surface area contributed by atoms with Crippen LogP contribution in [0.15, 0.2) is 12.4 Å². The maximum absolute atomic E-state index is 12.0. The van der Waals surface area contributed by atoms with Gasteiger partial charge in [0.2, 0.25) is 5.95 Å². The molecule has 2 N–H and O–H groups in total. The van der Waals surface area contributed by atoms with Crippen molar-refractivity contribution in [3.05, 3.63) is 18.0 Å². The minimum Gasteiger partial charge on any atom is -0.379 e. The molecule has 2 aliphatic rings. The second-order valence-electron chi connectivity index (χ2n) is 6.02. The molecule has 0 aromatic carbocycles. The van der Waals surface area contributed by atoms with Crippen molar-refractivity contribution >= 4 is 11.9 Å². The number of carbonyl (C=O) groups excluding carboxylic acids is 1. The maximum Gasteiger partial charge on any atom is 0.254 e. The van der Waals surface area contributed by atoms with Gasteiger partial charge in [-0.25, -0.2) is 9.97 Å². The Bertz CT molecular complexity index is 513. The first-order valence-corrected chi connectivity index (χ1v) is 8.57. The Morgan fingerprint density at radius 1 is 1.25 bits per heavy atom. The molecule has 8 nitrogen and oxygen atoms in total. The fraction of sp³-hybridized carbons (Fsp3) is 0.688. The summed E-state index contributed by atoms with van der Waals surface area (Å²) in [6.07, 6.45) is 5.30. The maximum atomic E-state index is 12.0. The third-order valence-electron chi connectivity index (χ3n) is 4.24. The van der Waals surface area contributed by atoms with Crippen LogP contribution >= 0.6 is 0 Å². The molecular weight excluding hydrogens is 310 g/mol. The first kappa shape index (κ1) is 17.1. The number of aromatic nitrogens is 2. The van der Waals surface area contributed by atoms with E-state index in [4.69, 9.17) is 9.47 Å². The number of amides is 1. The van der Waals surface area contributed by atoms with Crippen molar-refractivity contribution in [3.63, 3.8) is 0 Å². The molecule has 1 aromatic rings. The Morgan fingerprint density at radius 2 is 2.04 bits per heavy atom. The van der Waals surface area contributed by atoms with Crippen molar-refractivity contribution in [1.82, 2.24) is 20.2 Å². The molecule has 0 radical (unpaired) electrons. The van der Waals surface area contributed by atoms with Gasteiger partial charge in [0, 0.05) is 51.7 Å². The lowest BCUT2D eigenvalue weighted by molar-refractivity contribution is 0.0398. The van der Waals surface area contributed by atoms with E-state index in [1.807, 2.05) is 0 Å². The fourth-order valence-electron chi connectivity index (χ4n) is 2.80. The highest BCUT2D eigenvalue weighted by Crippen LogP contribution is 2.10. The fourth-order valence-corrected chi connectivity index (χ4v) is 2.80. The van der Waals surface area contributed by atoms with E-state index in [0.717, 1.165) is 58.8 Å². The van der Waals surface area contributed by atoms with Crippen LogP contribution in [0.1, 0.15) is 23.2 Å². The first-order chi connectivity index (χ1) is 11.8. The molecule has 1 aromatic heterocycles. The summed E-state index contributed by atoms with van der Waals surface area (Å²) in [5.74, 6) is 0.379. The molecule has 0 bridgehead atoms. The monoisotopic (exact) mass is 335 g/mol. The van der Waals surface area contributed by atoms with Crippen molar-refractivity contribution in [2.75, 3.05) is 57.9 Å². The van der Waals surface area contributed by atoms with E-state index in [2.05, 4.69) is 25.5 Å². The summed E-state index contributed by atoms with van der Waals surface area (Å²) in [7, 11) is 0. The molecule has 132 valence electrons. The number of morpholine rings is 1. The molecule has 8 heteroatoms. The van der Waals surface area contributed by atoms with Gasteiger partial charge in [-0.1, -0.05) is 0 Å². The third kappa shape index (κ3) is 5.12. The van der Waals surface area contributed by atoms with Gasteiger partial charge in [-0.3, -0.25) is 9.69 Å². The molecule has 24 heavy (non-hydrogen) atoms. The number of hydrogen-bond donors (Lipinski definition) is 2. The van der Waals surface area contributed by atoms with Crippen LogP contribution in [-0.4, -0.2) is 79.4 Å². The average molecular weight is 335 g/mol. The minimum absolute atomic E-state index is 0.135. The van der Waals surface area contributed by atoms with E-state index in [9.17, 15) is 4.79 Å². The summed E-state index contributed by atoms with van der Waals surface area (Å²) in [5.41, 5.74) is 0.465. The Hall–Kier alpha value is -1.77. The normalized spacial score (nSPS) is 21.6. The van der Waals surface area contributed by atoms with Gasteiger partial charge in [0.25, 0.3) is 5.91 Å². The summed E-state index contributed by atoms with van der Waals surface area (Å²) in [6.45, 7) is 6.55.